The molecule has 2 heterocycles. The molecule has 20 heavy (non-hydrogen) atoms. The van der Waals surface area contributed by atoms with E-state index < -0.39 is 0 Å². The molecule has 0 unspecified atom stereocenters. The molecule has 3 aromatic rings. The Hall–Kier alpha value is -2.41. The summed E-state index contributed by atoms with van der Waals surface area (Å²) in [5.41, 5.74) is 8.16. The van der Waals surface area contributed by atoms with Gasteiger partial charge in [0.1, 0.15) is 11.4 Å². The molecule has 6 nitrogen and oxygen atoms in total. The van der Waals surface area contributed by atoms with Crippen molar-refractivity contribution in [2.45, 2.75) is 6.92 Å². The summed E-state index contributed by atoms with van der Waals surface area (Å²) in [4.78, 5) is 16.5. The first kappa shape index (κ1) is 12.6. The fourth-order valence-corrected chi connectivity index (χ4v) is 2.83. The highest BCUT2D eigenvalue weighted by Gasteiger charge is 2.15. The van der Waals surface area contributed by atoms with Gasteiger partial charge >= 0.3 is 0 Å². The standard InChI is InChI=1S/C13H13N5OS/c1-7-3-4-9-10(5-7)20-13(16-9)17-12(19)8-6-15-18(2)11(8)14/h3-6H,14H2,1-2H3,(H,16,17,19). The van der Waals surface area contributed by atoms with Crippen LogP contribution in [0, 0.1) is 6.92 Å². The number of thiazole rings is 1. The molecule has 3 rings (SSSR count). The lowest BCUT2D eigenvalue weighted by molar-refractivity contribution is 0.102. The van der Waals surface area contributed by atoms with Crippen LogP contribution in [0.2, 0.25) is 0 Å². The van der Waals surface area contributed by atoms with Crippen LogP contribution >= 0.6 is 11.3 Å². The van der Waals surface area contributed by atoms with Crippen LogP contribution < -0.4 is 11.1 Å². The summed E-state index contributed by atoms with van der Waals surface area (Å²) in [6.45, 7) is 2.02. The van der Waals surface area contributed by atoms with Crippen molar-refractivity contribution in [3.05, 3.63) is 35.5 Å². The van der Waals surface area contributed by atoms with Crippen molar-refractivity contribution in [2.24, 2.45) is 7.05 Å². The predicted octanol–water partition coefficient (Wildman–Crippen LogP) is 2.17. The Morgan fingerprint density at radius 1 is 1.45 bits per heavy atom. The highest BCUT2D eigenvalue weighted by molar-refractivity contribution is 7.22. The SMILES string of the molecule is Cc1ccc2nc(NC(=O)c3cnn(C)c3N)sc2c1. The molecule has 7 heteroatoms. The van der Waals surface area contributed by atoms with Crippen molar-refractivity contribution in [2.75, 3.05) is 11.1 Å². The zero-order chi connectivity index (χ0) is 14.3. The molecule has 1 amide bonds. The molecule has 0 radical (unpaired) electrons. The van der Waals surface area contributed by atoms with Crippen LogP contribution in [0.15, 0.2) is 24.4 Å². The molecular formula is C13H13N5OS. The van der Waals surface area contributed by atoms with E-state index >= 15 is 0 Å². The molecule has 0 bridgehead atoms. The average molecular weight is 287 g/mol. The minimum atomic E-state index is -0.300. The van der Waals surface area contributed by atoms with Gasteiger partial charge in [-0.15, -0.1) is 0 Å². The lowest BCUT2D eigenvalue weighted by Crippen LogP contribution is -2.13. The van der Waals surface area contributed by atoms with Crippen molar-refractivity contribution < 1.29 is 4.79 Å². The maximum absolute atomic E-state index is 12.1. The highest BCUT2D eigenvalue weighted by Crippen LogP contribution is 2.27. The first-order chi connectivity index (χ1) is 9.54. The van der Waals surface area contributed by atoms with Crippen molar-refractivity contribution in [1.29, 1.82) is 0 Å². The van der Waals surface area contributed by atoms with Gasteiger partial charge in [0, 0.05) is 7.05 Å². The number of nitrogens with one attached hydrogen (secondary N) is 1. The molecular weight excluding hydrogens is 274 g/mol. The third kappa shape index (κ3) is 2.12. The van der Waals surface area contributed by atoms with E-state index in [1.54, 1.807) is 7.05 Å². The predicted molar refractivity (Wildman–Crippen MR) is 79.9 cm³/mol. The fraction of sp³-hybridized carbons (Fsp3) is 0.154. The van der Waals surface area contributed by atoms with Gasteiger partial charge in [0.25, 0.3) is 5.91 Å². The molecule has 0 aliphatic rings. The van der Waals surface area contributed by atoms with Gasteiger partial charge in [-0.1, -0.05) is 17.4 Å². The Balaban J connectivity index is 1.89. The smallest absolute Gasteiger partial charge is 0.262 e. The van der Waals surface area contributed by atoms with Crippen LogP contribution in [0.1, 0.15) is 15.9 Å². The van der Waals surface area contributed by atoms with E-state index in [0.717, 1.165) is 15.8 Å². The number of fused-ring (bicyclic) bond motifs is 1. The molecule has 0 atom stereocenters. The fourth-order valence-electron chi connectivity index (χ4n) is 1.87. The van der Waals surface area contributed by atoms with Crippen LogP contribution in [0.25, 0.3) is 10.2 Å². The average Bonchev–Trinajstić information content (AvgIpc) is 2.93. The Morgan fingerprint density at radius 2 is 2.25 bits per heavy atom. The summed E-state index contributed by atoms with van der Waals surface area (Å²) in [5.74, 6) is 0.0332. The second-order valence-electron chi connectivity index (χ2n) is 4.51. The number of rotatable bonds is 2. The molecule has 0 saturated carbocycles. The van der Waals surface area contributed by atoms with E-state index in [4.69, 9.17) is 5.73 Å². The third-order valence-corrected chi connectivity index (χ3v) is 3.93. The van der Waals surface area contributed by atoms with Gasteiger partial charge in [-0.3, -0.25) is 14.8 Å². The summed E-state index contributed by atoms with van der Waals surface area (Å²) in [6.07, 6.45) is 1.45. The number of aryl methyl sites for hydroxylation is 2. The van der Waals surface area contributed by atoms with Crippen LogP contribution in [0.4, 0.5) is 10.9 Å². The van der Waals surface area contributed by atoms with Crippen molar-refractivity contribution in [3.8, 4) is 0 Å². The Morgan fingerprint density at radius 3 is 2.95 bits per heavy atom. The number of amides is 1. The highest BCUT2D eigenvalue weighted by atomic mass is 32.1. The van der Waals surface area contributed by atoms with Gasteiger partial charge in [0.15, 0.2) is 5.13 Å². The lowest BCUT2D eigenvalue weighted by atomic mass is 10.2. The molecule has 0 saturated heterocycles. The van der Waals surface area contributed by atoms with Gasteiger partial charge in [-0.25, -0.2) is 4.98 Å². The topological polar surface area (TPSA) is 85.8 Å². The lowest BCUT2D eigenvalue weighted by Gasteiger charge is -2.00. The van der Waals surface area contributed by atoms with Gasteiger partial charge in [-0.05, 0) is 24.6 Å². The maximum Gasteiger partial charge on any atom is 0.262 e. The van der Waals surface area contributed by atoms with Gasteiger partial charge < -0.3 is 5.73 Å². The summed E-state index contributed by atoms with van der Waals surface area (Å²) in [7, 11) is 1.69. The first-order valence-corrected chi connectivity index (χ1v) is 6.82. The Bertz CT molecular complexity index is 804. The summed E-state index contributed by atoms with van der Waals surface area (Å²) in [5, 5.41) is 7.26. The first-order valence-electron chi connectivity index (χ1n) is 6.00. The van der Waals surface area contributed by atoms with E-state index in [1.807, 2.05) is 25.1 Å². The molecule has 0 aliphatic carbocycles. The number of hydrogen-bond donors (Lipinski definition) is 2. The number of aromatic nitrogens is 3. The van der Waals surface area contributed by atoms with E-state index in [-0.39, 0.29) is 5.91 Å². The van der Waals surface area contributed by atoms with Crippen molar-refractivity contribution in [3.63, 3.8) is 0 Å². The molecule has 0 aliphatic heterocycles. The molecule has 2 aromatic heterocycles. The number of nitrogens with two attached hydrogens (primary N) is 1. The summed E-state index contributed by atoms with van der Waals surface area (Å²) >= 11 is 1.44. The van der Waals surface area contributed by atoms with Crippen LogP contribution in [-0.2, 0) is 7.05 Å². The summed E-state index contributed by atoms with van der Waals surface area (Å²) < 4.78 is 2.50. The van der Waals surface area contributed by atoms with E-state index in [1.165, 1.54) is 22.2 Å². The van der Waals surface area contributed by atoms with E-state index in [9.17, 15) is 4.79 Å². The second kappa shape index (κ2) is 4.61. The number of benzene rings is 1. The minimum Gasteiger partial charge on any atom is -0.383 e. The monoisotopic (exact) mass is 287 g/mol. The largest absolute Gasteiger partial charge is 0.383 e. The number of carbonyl (C=O) groups is 1. The Kier molecular flexibility index (Phi) is 2.90. The third-order valence-electron chi connectivity index (χ3n) is 2.99. The normalized spacial score (nSPS) is 10.9. The molecule has 3 N–H and O–H groups in total. The Labute approximate surface area is 119 Å². The molecule has 1 aromatic carbocycles. The number of nitrogen functional groups attached to an aromatic ring is 1. The zero-order valence-electron chi connectivity index (χ0n) is 11.0. The van der Waals surface area contributed by atoms with Crippen molar-refractivity contribution >= 4 is 38.4 Å². The molecule has 0 fully saturated rings. The zero-order valence-corrected chi connectivity index (χ0v) is 11.9. The second-order valence-corrected chi connectivity index (χ2v) is 5.54. The molecule has 102 valence electrons. The van der Waals surface area contributed by atoms with E-state index in [2.05, 4.69) is 15.4 Å². The number of anilines is 2. The molecule has 0 spiro atoms. The van der Waals surface area contributed by atoms with Gasteiger partial charge in [0.2, 0.25) is 0 Å². The van der Waals surface area contributed by atoms with Crippen LogP contribution in [-0.4, -0.2) is 20.7 Å². The number of carbonyl (C=O) groups excluding carboxylic acids is 1. The number of nitrogens with zero attached hydrogens (tertiary/aromatic N) is 3. The maximum atomic E-state index is 12.1. The summed E-state index contributed by atoms with van der Waals surface area (Å²) in [6, 6.07) is 5.98. The van der Waals surface area contributed by atoms with Gasteiger partial charge in [0.05, 0.1) is 16.4 Å². The quantitative estimate of drug-likeness (QED) is 0.756. The van der Waals surface area contributed by atoms with Crippen molar-refractivity contribution in [1.82, 2.24) is 14.8 Å². The number of hydrogen-bond acceptors (Lipinski definition) is 5. The van der Waals surface area contributed by atoms with Crippen LogP contribution in [0.5, 0.6) is 0 Å². The van der Waals surface area contributed by atoms with Gasteiger partial charge in [-0.2, -0.15) is 5.10 Å². The minimum absolute atomic E-state index is 0.300. The van der Waals surface area contributed by atoms with Crippen LogP contribution in [0.3, 0.4) is 0 Å². The van der Waals surface area contributed by atoms with E-state index in [0.29, 0.717) is 16.5 Å².